The van der Waals surface area contributed by atoms with Gasteiger partial charge in [0.25, 0.3) is 11.5 Å². The van der Waals surface area contributed by atoms with Gasteiger partial charge in [-0.1, -0.05) is 18.2 Å². The van der Waals surface area contributed by atoms with E-state index in [9.17, 15) is 22.8 Å². The number of rotatable bonds is 6. The average molecular weight is 486 g/mol. The maximum atomic E-state index is 12.7. The van der Waals surface area contributed by atoms with E-state index in [2.05, 4.69) is 10.3 Å². The summed E-state index contributed by atoms with van der Waals surface area (Å²) in [6.07, 6.45) is -1.17. The van der Waals surface area contributed by atoms with Crippen molar-refractivity contribution in [2.75, 3.05) is 31.6 Å². The SMILES string of the molecule is CC(OC(=O)c1cc2ccccc2c(=O)[nH]1)C(=O)Nc1ccc(S(=O)(=O)N2CCOCC2)cc1. The number of amides is 1. The standard InChI is InChI=1S/C23H23N3O7S/c1-15(33-23(29)20-14-16-4-2-3-5-19(16)22(28)25-20)21(27)24-17-6-8-18(9-7-17)34(30,31)26-10-12-32-13-11-26/h2-9,14-15H,10-13H2,1H3,(H,24,27)(H,25,28). The van der Waals surface area contributed by atoms with Crippen LogP contribution in [-0.2, 0) is 24.3 Å². The molecule has 1 aromatic heterocycles. The molecule has 2 N–H and O–H groups in total. The number of nitrogens with one attached hydrogen (secondary N) is 2. The van der Waals surface area contributed by atoms with Crippen LogP contribution in [0.25, 0.3) is 10.8 Å². The normalized spacial score (nSPS) is 15.6. The lowest BCUT2D eigenvalue weighted by atomic mass is 10.1. The molecule has 0 aliphatic carbocycles. The van der Waals surface area contributed by atoms with Gasteiger partial charge in [-0.2, -0.15) is 4.31 Å². The first-order valence-corrected chi connectivity index (χ1v) is 12.0. The summed E-state index contributed by atoms with van der Waals surface area (Å²) in [6, 6.07) is 14.0. The van der Waals surface area contributed by atoms with Gasteiger partial charge < -0.3 is 19.8 Å². The molecule has 1 saturated heterocycles. The van der Waals surface area contributed by atoms with E-state index in [-0.39, 0.29) is 23.7 Å². The molecule has 10 nitrogen and oxygen atoms in total. The van der Waals surface area contributed by atoms with E-state index in [1.807, 2.05) is 0 Å². The number of benzene rings is 2. The molecule has 0 spiro atoms. The zero-order chi connectivity index (χ0) is 24.3. The predicted octanol–water partition coefficient (Wildman–Crippen LogP) is 1.73. The zero-order valence-corrected chi connectivity index (χ0v) is 19.1. The fraction of sp³-hybridized carbons (Fsp3) is 0.261. The number of ether oxygens (including phenoxy) is 2. The van der Waals surface area contributed by atoms with E-state index in [4.69, 9.17) is 9.47 Å². The van der Waals surface area contributed by atoms with Crippen LogP contribution in [-0.4, -0.2) is 62.0 Å². The molecule has 1 aliphatic heterocycles. The first-order chi connectivity index (χ1) is 16.3. The number of anilines is 1. The smallest absolute Gasteiger partial charge is 0.355 e. The van der Waals surface area contributed by atoms with Gasteiger partial charge in [-0.3, -0.25) is 9.59 Å². The third kappa shape index (κ3) is 5.01. The van der Waals surface area contributed by atoms with E-state index in [0.29, 0.717) is 29.7 Å². The van der Waals surface area contributed by atoms with E-state index in [0.717, 1.165) is 0 Å². The molecular formula is C23H23N3O7S. The first-order valence-electron chi connectivity index (χ1n) is 10.6. The molecule has 1 amide bonds. The summed E-state index contributed by atoms with van der Waals surface area (Å²) in [6.45, 7) is 2.65. The average Bonchev–Trinajstić information content (AvgIpc) is 2.84. The number of carbonyl (C=O) groups excluding carboxylic acids is 2. The molecule has 1 aliphatic rings. The van der Waals surface area contributed by atoms with Crippen molar-refractivity contribution < 1.29 is 27.5 Å². The lowest BCUT2D eigenvalue weighted by molar-refractivity contribution is -0.123. The van der Waals surface area contributed by atoms with Crippen LogP contribution in [0.3, 0.4) is 0 Å². The van der Waals surface area contributed by atoms with Gasteiger partial charge in [0.2, 0.25) is 10.0 Å². The molecule has 4 rings (SSSR count). The van der Waals surface area contributed by atoms with Crippen LogP contribution in [0, 0.1) is 0 Å². The van der Waals surface area contributed by atoms with Crippen molar-refractivity contribution in [2.24, 2.45) is 0 Å². The van der Waals surface area contributed by atoms with Gasteiger partial charge in [-0.15, -0.1) is 0 Å². The zero-order valence-electron chi connectivity index (χ0n) is 18.3. The molecule has 0 bridgehead atoms. The van der Waals surface area contributed by atoms with Crippen LogP contribution in [0.4, 0.5) is 5.69 Å². The highest BCUT2D eigenvalue weighted by molar-refractivity contribution is 7.89. The van der Waals surface area contributed by atoms with E-state index in [1.54, 1.807) is 24.3 Å². The molecule has 0 radical (unpaired) electrons. The predicted molar refractivity (Wildman–Crippen MR) is 124 cm³/mol. The fourth-order valence-electron chi connectivity index (χ4n) is 3.49. The maximum absolute atomic E-state index is 12.7. The van der Waals surface area contributed by atoms with Gasteiger partial charge >= 0.3 is 5.97 Å². The number of esters is 1. The number of nitrogens with zero attached hydrogens (tertiary/aromatic N) is 1. The molecule has 1 unspecified atom stereocenters. The minimum atomic E-state index is -3.65. The van der Waals surface area contributed by atoms with Crippen molar-refractivity contribution in [2.45, 2.75) is 17.9 Å². The molecular weight excluding hydrogens is 462 g/mol. The number of hydrogen-bond acceptors (Lipinski definition) is 7. The minimum absolute atomic E-state index is 0.0685. The number of carbonyl (C=O) groups is 2. The summed E-state index contributed by atoms with van der Waals surface area (Å²) in [5.41, 5.74) is -0.164. The van der Waals surface area contributed by atoms with Gasteiger partial charge in [0.15, 0.2) is 6.10 Å². The Hall–Kier alpha value is -3.54. The van der Waals surface area contributed by atoms with Gasteiger partial charge in [0.1, 0.15) is 5.69 Å². The second-order valence-corrected chi connectivity index (χ2v) is 9.61. The molecule has 2 aromatic carbocycles. The third-order valence-electron chi connectivity index (χ3n) is 5.36. The van der Waals surface area contributed by atoms with Crippen LogP contribution in [0.5, 0.6) is 0 Å². The van der Waals surface area contributed by atoms with Crippen LogP contribution in [0.2, 0.25) is 0 Å². The monoisotopic (exact) mass is 485 g/mol. The number of sulfonamides is 1. The summed E-state index contributed by atoms with van der Waals surface area (Å²) in [5, 5.41) is 3.59. The van der Waals surface area contributed by atoms with Gasteiger partial charge in [0, 0.05) is 24.2 Å². The Bertz CT molecular complexity index is 1380. The van der Waals surface area contributed by atoms with Crippen molar-refractivity contribution in [3.8, 4) is 0 Å². The molecule has 1 atom stereocenters. The number of aromatic nitrogens is 1. The molecule has 2 heterocycles. The fourth-order valence-corrected chi connectivity index (χ4v) is 4.90. The van der Waals surface area contributed by atoms with Gasteiger partial charge in [-0.25, -0.2) is 13.2 Å². The molecule has 11 heteroatoms. The summed E-state index contributed by atoms with van der Waals surface area (Å²) < 4.78 is 37.1. The van der Waals surface area contributed by atoms with Gasteiger partial charge in [0.05, 0.1) is 18.1 Å². The summed E-state index contributed by atoms with van der Waals surface area (Å²) >= 11 is 0. The molecule has 178 valence electrons. The lowest BCUT2D eigenvalue weighted by Gasteiger charge is -2.26. The minimum Gasteiger partial charge on any atom is -0.448 e. The second kappa shape index (κ2) is 9.75. The number of hydrogen-bond donors (Lipinski definition) is 2. The highest BCUT2D eigenvalue weighted by Gasteiger charge is 2.26. The molecule has 0 saturated carbocycles. The summed E-state index contributed by atoms with van der Waals surface area (Å²) in [7, 11) is -3.65. The van der Waals surface area contributed by atoms with Crippen molar-refractivity contribution in [3.63, 3.8) is 0 Å². The van der Waals surface area contributed by atoms with Crippen molar-refractivity contribution in [1.82, 2.24) is 9.29 Å². The molecule has 1 fully saturated rings. The Morgan fingerprint density at radius 1 is 1.09 bits per heavy atom. The Morgan fingerprint density at radius 2 is 1.76 bits per heavy atom. The summed E-state index contributed by atoms with van der Waals surface area (Å²) in [5.74, 6) is -1.46. The van der Waals surface area contributed by atoms with E-state index >= 15 is 0 Å². The van der Waals surface area contributed by atoms with Crippen molar-refractivity contribution in [3.05, 3.63) is 70.6 Å². The van der Waals surface area contributed by atoms with Crippen LogP contribution in [0.1, 0.15) is 17.4 Å². The van der Waals surface area contributed by atoms with Gasteiger partial charge in [-0.05, 0) is 48.7 Å². The molecule has 34 heavy (non-hydrogen) atoms. The number of aromatic amines is 1. The van der Waals surface area contributed by atoms with Crippen LogP contribution >= 0.6 is 0 Å². The highest BCUT2D eigenvalue weighted by atomic mass is 32.2. The summed E-state index contributed by atoms with van der Waals surface area (Å²) in [4.78, 5) is 39.7. The van der Waals surface area contributed by atoms with Crippen molar-refractivity contribution >= 4 is 38.4 Å². The first kappa shape index (κ1) is 23.6. The Kier molecular flexibility index (Phi) is 6.77. The number of morpholine rings is 1. The lowest BCUT2D eigenvalue weighted by Crippen LogP contribution is -2.40. The third-order valence-corrected chi connectivity index (χ3v) is 7.27. The maximum Gasteiger partial charge on any atom is 0.355 e. The number of fused-ring (bicyclic) bond motifs is 1. The van der Waals surface area contributed by atoms with E-state index < -0.39 is 33.6 Å². The quantitative estimate of drug-likeness (QED) is 0.508. The second-order valence-electron chi connectivity index (χ2n) is 7.68. The molecule has 3 aromatic rings. The van der Waals surface area contributed by atoms with Crippen molar-refractivity contribution in [1.29, 1.82) is 0 Å². The Balaban J connectivity index is 1.40. The largest absolute Gasteiger partial charge is 0.448 e. The van der Waals surface area contributed by atoms with Crippen LogP contribution in [0.15, 0.2) is 64.3 Å². The van der Waals surface area contributed by atoms with Crippen LogP contribution < -0.4 is 10.9 Å². The topological polar surface area (TPSA) is 135 Å². The highest BCUT2D eigenvalue weighted by Crippen LogP contribution is 2.20. The number of H-pyrrole nitrogens is 1. The Morgan fingerprint density at radius 3 is 2.47 bits per heavy atom. The van der Waals surface area contributed by atoms with E-state index in [1.165, 1.54) is 41.6 Å². The number of pyridine rings is 1. The Labute approximate surface area is 195 Å².